The molecule has 0 radical (unpaired) electrons. The van der Waals surface area contributed by atoms with Gasteiger partial charge in [-0.05, 0) is 46.0 Å². The van der Waals surface area contributed by atoms with Crippen LogP contribution in [0.3, 0.4) is 0 Å². The largest absolute Gasteiger partial charge is 0.472 e. The Balaban J connectivity index is 3.84. The van der Waals surface area contributed by atoms with Crippen LogP contribution in [0.25, 0.3) is 0 Å². The van der Waals surface area contributed by atoms with Gasteiger partial charge in [0.15, 0.2) is 0 Å². The highest BCUT2D eigenvalue weighted by Gasteiger charge is 2.22. The second kappa shape index (κ2) is 27.0. The Morgan fingerprint density at radius 3 is 1.84 bits per heavy atom. The predicted molar refractivity (Wildman–Crippen MR) is 168 cm³/mol. The molecule has 0 fully saturated rings. The number of ether oxygens (including phenoxy) is 3. The summed E-state index contributed by atoms with van der Waals surface area (Å²) in [5.74, 6) is -0.611. The van der Waals surface area contributed by atoms with E-state index < -0.39 is 20.0 Å². The van der Waals surface area contributed by atoms with Gasteiger partial charge in [0.2, 0.25) is 23.6 Å². The van der Waals surface area contributed by atoms with E-state index in [1.807, 2.05) is 13.8 Å². The van der Waals surface area contributed by atoms with Crippen LogP contribution in [0.5, 0.6) is 0 Å². The quantitative estimate of drug-likeness (QED) is 0.0575. The summed E-state index contributed by atoms with van der Waals surface area (Å²) >= 11 is 0. The molecule has 5 N–H and O–H groups in total. The summed E-state index contributed by atoms with van der Waals surface area (Å²) in [6, 6.07) is -0.671. The molecule has 1 unspecified atom stereocenters. The maximum absolute atomic E-state index is 12.5. The smallest absolute Gasteiger partial charge is 0.377 e. The molecule has 0 aliphatic carbocycles. The normalized spacial score (nSPS) is 13.3. The number of phosphoric acid groups is 1. The summed E-state index contributed by atoms with van der Waals surface area (Å²) in [4.78, 5) is 57.1. The van der Waals surface area contributed by atoms with Gasteiger partial charge in [-0.15, -0.1) is 0 Å². The zero-order valence-electron chi connectivity index (χ0n) is 27.7. The van der Waals surface area contributed by atoms with Crippen molar-refractivity contribution in [3.63, 3.8) is 0 Å². The molecule has 0 aliphatic rings. The van der Waals surface area contributed by atoms with Crippen molar-refractivity contribution in [2.24, 2.45) is 5.92 Å². The van der Waals surface area contributed by atoms with Crippen molar-refractivity contribution in [3.8, 4) is 0 Å². The van der Waals surface area contributed by atoms with Crippen molar-refractivity contribution in [1.29, 1.82) is 0 Å². The molecule has 0 aliphatic heterocycles. The molecule has 15 nitrogen and oxygen atoms in total. The molecule has 0 saturated heterocycles. The average molecular weight is 669 g/mol. The van der Waals surface area contributed by atoms with E-state index in [0.717, 1.165) is 19.3 Å². The van der Waals surface area contributed by atoms with Gasteiger partial charge in [0.25, 0.3) is 0 Å². The third-order valence-electron chi connectivity index (χ3n) is 5.96. The summed E-state index contributed by atoms with van der Waals surface area (Å²) in [5.41, 5.74) is 0. The number of hydrogen-bond donors (Lipinski definition) is 5. The fourth-order valence-corrected chi connectivity index (χ4v) is 4.63. The van der Waals surface area contributed by atoms with Gasteiger partial charge >= 0.3 is 7.82 Å². The van der Waals surface area contributed by atoms with E-state index in [0.29, 0.717) is 58.6 Å². The minimum atomic E-state index is -4.06. The van der Waals surface area contributed by atoms with Gasteiger partial charge in [-0.25, -0.2) is 4.57 Å². The highest BCUT2D eigenvalue weighted by atomic mass is 31.2. The Morgan fingerprint density at radius 1 is 0.689 bits per heavy atom. The highest BCUT2D eigenvalue weighted by molar-refractivity contribution is 7.47. The summed E-state index contributed by atoms with van der Waals surface area (Å²) in [5, 5.41) is 11.2. The SMILES string of the molecule is CC(=O)N[C@@H](CCCCNC(=O)CCCCCNC(=O)C(C)C)C(=O)NCCOCCOCCOCCOP(=O)(O)OC(C)C. The topological polar surface area (TPSA) is 200 Å². The van der Waals surface area contributed by atoms with Crippen molar-refractivity contribution in [2.75, 3.05) is 65.9 Å². The predicted octanol–water partition coefficient (Wildman–Crippen LogP) is 1.82. The number of hydrogen-bond acceptors (Lipinski definition) is 10. The van der Waals surface area contributed by atoms with E-state index in [9.17, 15) is 28.6 Å². The van der Waals surface area contributed by atoms with Crippen molar-refractivity contribution in [3.05, 3.63) is 0 Å². The van der Waals surface area contributed by atoms with Gasteiger partial charge in [0, 0.05) is 38.9 Å². The Labute approximate surface area is 268 Å². The first kappa shape index (κ1) is 42.9. The second-order valence-electron chi connectivity index (χ2n) is 10.9. The molecule has 45 heavy (non-hydrogen) atoms. The van der Waals surface area contributed by atoms with Crippen molar-refractivity contribution in [1.82, 2.24) is 21.3 Å². The first-order valence-electron chi connectivity index (χ1n) is 15.8. The molecule has 264 valence electrons. The van der Waals surface area contributed by atoms with E-state index in [1.165, 1.54) is 6.92 Å². The number of unbranched alkanes of at least 4 members (excludes halogenated alkanes) is 3. The van der Waals surface area contributed by atoms with Crippen LogP contribution in [0, 0.1) is 5.92 Å². The number of carbonyl (C=O) groups excluding carboxylic acids is 4. The van der Waals surface area contributed by atoms with E-state index in [4.69, 9.17) is 23.3 Å². The summed E-state index contributed by atoms with van der Waals surface area (Å²) in [6.07, 6.45) is 4.22. The van der Waals surface area contributed by atoms with Gasteiger partial charge in [-0.3, -0.25) is 28.2 Å². The van der Waals surface area contributed by atoms with E-state index in [2.05, 4.69) is 21.3 Å². The standard InChI is InChI=1S/C29H57N4O11P/c1-23(2)28(36)31-14-9-6-7-12-27(35)30-13-10-8-11-26(33-25(5)34)29(37)32-15-16-40-17-18-41-19-20-42-21-22-43-45(38,39)44-24(3)4/h23-24,26H,6-22H2,1-5H3,(H,30,35)(H,31,36)(H,32,37)(H,33,34)(H,38,39)/t26-/m0/s1. The first-order chi connectivity index (χ1) is 21.3. The van der Waals surface area contributed by atoms with Gasteiger partial charge < -0.3 is 40.4 Å². The van der Waals surface area contributed by atoms with Crippen LogP contribution in [-0.2, 0) is 47.0 Å². The molecule has 0 bridgehead atoms. The monoisotopic (exact) mass is 668 g/mol. The Morgan fingerprint density at radius 2 is 1.24 bits per heavy atom. The minimum Gasteiger partial charge on any atom is -0.377 e. The maximum atomic E-state index is 12.5. The van der Waals surface area contributed by atoms with Gasteiger partial charge in [-0.1, -0.05) is 20.3 Å². The number of carbonyl (C=O) groups is 4. The highest BCUT2D eigenvalue weighted by Crippen LogP contribution is 2.44. The first-order valence-corrected chi connectivity index (χ1v) is 17.3. The molecular formula is C29H57N4O11P. The number of amides is 4. The lowest BCUT2D eigenvalue weighted by Crippen LogP contribution is -2.46. The second-order valence-corrected chi connectivity index (χ2v) is 12.3. The zero-order chi connectivity index (χ0) is 33.9. The van der Waals surface area contributed by atoms with Crippen LogP contribution in [0.4, 0.5) is 0 Å². The zero-order valence-corrected chi connectivity index (χ0v) is 28.6. The molecule has 0 heterocycles. The lowest BCUT2D eigenvalue weighted by atomic mass is 10.1. The van der Waals surface area contributed by atoms with Crippen LogP contribution in [0.1, 0.15) is 79.6 Å². The molecule has 16 heteroatoms. The van der Waals surface area contributed by atoms with Crippen LogP contribution in [0.2, 0.25) is 0 Å². The number of nitrogens with one attached hydrogen (secondary N) is 4. The van der Waals surface area contributed by atoms with E-state index in [-0.39, 0.29) is 62.5 Å². The third kappa shape index (κ3) is 27.9. The van der Waals surface area contributed by atoms with Gasteiger partial charge in [-0.2, -0.15) is 0 Å². The Kier molecular flexibility index (Phi) is 25.7. The molecular weight excluding hydrogens is 611 g/mol. The van der Waals surface area contributed by atoms with Crippen LogP contribution in [0.15, 0.2) is 0 Å². The molecule has 0 aromatic heterocycles. The molecule has 0 rings (SSSR count). The minimum absolute atomic E-state index is 0.0214. The molecule has 4 amide bonds. The third-order valence-corrected chi connectivity index (χ3v) is 7.15. The molecule has 0 spiro atoms. The molecule has 0 aromatic rings. The van der Waals surface area contributed by atoms with Gasteiger partial charge in [0.1, 0.15) is 6.04 Å². The van der Waals surface area contributed by atoms with Crippen molar-refractivity contribution < 1.29 is 51.9 Å². The van der Waals surface area contributed by atoms with E-state index >= 15 is 0 Å². The molecule has 0 aromatic carbocycles. The summed E-state index contributed by atoms with van der Waals surface area (Å²) in [7, 11) is -4.06. The summed E-state index contributed by atoms with van der Waals surface area (Å²) < 4.78 is 37.1. The summed E-state index contributed by atoms with van der Waals surface area (Å²) in [6.45, 7) is 11.2. The lowest BCUT2D eigenvalue weighted by Gasteiger charge is -2.17. The average Bonchev–Trinajstić information content (AvgIpc) is 2.95. The van der Waals surface area contributed by atoms with Gasteiger partial charge in [0.05, 0.1) is 52.4 Å². The molecule has 0 saturated carbocycles. The molecule has 2 atom stereocenters. The van der Waals surface area contributed by atoms with Crippen LogP contribution >= 0.6 is 7.82 Å². The lowest BCUT2D eigenvalue weighted by molar-refractivity contribution is -0.128. The Hall–Kier alpha value is -2.13. The Bertz CT molecular complexity index is 877. The van der Waals surface area contributed by atoms with Crippen molar-refractivity contribution >= 4 is 31.5 Å². The van der Waals surface area contributed by atoms with Crippen molar-refractivity contribution in [2.45, 2.75) is 91.7 Å². The number of rotatable bonds is 29. The van der Waals surface area contributed by atoms with Crippen LogP contribution < -0.4 is 21.3 Å². The number of phosphoric ester groups is 1. The maximum Gasteiger partial charge on any atom is 0.472 e. The van der Waals surface area contributed by atoms with Crippen LogP contribution in [-0.4, -0.2) is 107 Å². The van der Waals surface area contributed by atoms with E-state index in [1.54, 1.807) is 13.8 Å². The fourth-order valence-electron chi connectivity index (χ4n) is 3.73. The fraction of sp³-hybridized carbons (Fsp3) is 0.862.